The number of nitrogens with zero attached hydrogens (tertiary/aromatic N) is 7. The minimum Gasteiger partial charge on any atom is -0.492 e. The molecule has 9 heterocycles. The van der Waals surface area contributed by atoms with E-state index in [1.54, 1.807) is 122 Å². The van der Waals surface area contributed by atoms with E-state index in [-0.39, 0.29) is 17.2 Å². The second-order valence-electron chi connectivity index (χ2n) is 29.6. The lowest BCUT2D eigenvalue weighted by molar-refractivity contribution is -0.274. The van der Waals surface area contributed by atoms with E-state index in [9.17, 15) is 45.6 Å². The molecule has 0 saturated heterocycles. The molecule has 646 valence electrons. The van der Waals surface area contributed by atoms with Crippen molar-refractivity contribution in [3.05, 3.63) is 322 Å². The van der Waals surface area contributed by atoms with Crippen molar-refractivity contribution in [2.45, 2.75) is 102 Å². The number of nitrogens with one attached hydrogen (secondary N) is 5. The number of benzene rings is 8. The number of rotatable bonds is 20. The molecule has 124 heavy (non-hydrogen) atoms. The first-order valence-electron chi connectivity index (χ1n) is 39.4. The lowest BCUT2D eigenvalue weighted by atomic mass is 9.95. The Bertz CT molecular complexity index is 5810. The van der Waals surface area contributed by atoms with E-state index in [0.29, 0.717) is 90.2 Å². The van der Waals surface area contributed by atoms with Gasteiger partial charge in [-0.05, 0) is 220 Å². The van der Waals surface area contributed by atoms with Crippen molar-refractivity contribution >= 4 is 85.2 Å². The summed E-state index contributed by atoms with van der Waals surface area (Å²) in [5.41, 5.74) is 25.2. The predicted octanol–water partition coefficient (Wildman–Crippen LogP) is 14.9. The average molecular weight is 1790 g/mol. The van der Waals surface area contributed by atoms with Gasteiger partial charge in [-0.2, -0.15) is 4.31 Å². The molecular weight excluding hydrogens is 1700 g/mol. The van der Waals surface area contributed by atoms with Gasteiger partial charge in [-0.3, -0.25) is 69.6 Å². The number of carbonyl (C=O) groups excluding carboxylic acids is 5. The first-order valence-corrected chi connectivity index (χ1v) is 43.8. The largest absolute Gasteiger partial charge is 0.573 e. The van der Waals surface area contributed by atoms with E-state index in [1.165, 1.54) is 78.4 Å². The van der Waals surface area contributed by atoms with Crippen LogP contribution in [0.2, 0.25) is 5.02 Å². The Labute approximate surface area is 729 Å². The molecule has 0 spiro atoms. The lowest BCUT2D eigenvalue weighted by Gasteiger charge is -2.34. The van der Waals surface area contributed by atoms with Crippen LogP contribution in [0.15, 0.2) is 226 Å². The molecule has 0 fully saturated rings. The average Bonchev–Trinajstić information content (AvgIpc) is 1.51. The number of thiazole rings is 1. The Morgan fingerprint density at radius 1 is 0.500 bits per heavy atom. The van der Waals surface area contributed by atoms with Gasteiger partial charge in [0.25, 0.3) is 29.5 Å². The second-order valence-corrected chi connectivity index (χ2v) is 34.7. The zero-order valence-corrected chi connectivity index (χ0v) is 70.9. The van der Waals surface area contributed by atoms with Crippen molar-refractivity contribution in [3.63, 3.8) is 0 Å². The number of ether oxygens (including phenoxy) is 2. The number of fused-ring (bicyclic) bond motifs is 5. The summed E-state index contributed by atoms with van der Waals surface area (Å²) in [6, 6.07) is 58.6. The van der Waals surface area contributed by atoms with Gasteiger partial charge in [-0.25, -0.2) is 40.8 Å². The fourth-order valence-electron chi connectivity index (χ4n) is 15.0. The van der Waals surface area contributed by atoms with E-state index in [0.717, 1.165) is 126 Å². The number of sulfonamides is 1. The molecule has 10 N–H and O–H groups in total. The number of amides is 5. The van der Waals surface area contributed by atoms with Gasteiger partial charge in [0.05, 0.1) is 20.3 Å². The molecule has 12 aromatic rings. The Hall–Kier alpha value is -11.4. The fraction of sp³-hybridized carbons (Fsp3) is 0.247. The summed E-state index contributed by atoms with van der Waals surface area (Å²) in [6.07, 6.45) is 0.616. The van der Waals surface area contributed by atoms with Crippen molar-refractivity contribution in [2.75, 3.05) is 45.9 Å². The van der Waals surface area contributed by atoms with Crippen molar-refractivity contribution < 1.29 is 85.6 Å². The highest BCUT2D eigenvalue weighted by atomic mass is 35.5. The van der Waals surface area contributed by atoms with Crippen LogP contribution in [0.1, 0.15) is 137 Å². The first-order chi connectivity index (χ1) is 59.9. The van der Waals surface area contributed by atoms with Gasteiger partial charge in [-0.1, -0.05) is 95.6 Å². The van der Waals surface area contributed by atoms with Gasteiger partial charge in [-0.15, -0.1) is 47.2 Å². The molecule has 27 nitrogen and oxygen atoms in total. The summed E-state index contributed by atoms with van der Waals surface area (Å²) in [5, 5.41) is 55.1. The maximum Gasteiger partial charge on any atom is 0.573 e. The van der Waals surface area contributed by atoms with Crippen LogP contribution in [0.25, 0.3) is 20.5 Å². The molecule has 0 radical (unpaired) electrons. The molecule has 0 aliphatic carbocycles. The fourth-order valence-corrected chi connectivity index (χ4v) is 19.4. The van der Waals surface area contributed by atoms with Gasteiger partial charge in [0.2, 0.25) is 10.0 Å². The Balaban J connectivity index is 0.000000133. The Kier molecular flexibility index (Phi) is 30.8. The third-order valence-corrected chi connectivity index (χ3v) is 26.7. The number of hydroxylamine groups is 5. The van der Waals surface area contributed by atoms with Gasteiger partial charge in [0.1, 0.15) is 35.1 Å². The van der Waals surface area contributed by atoms with Crippen LogP contribution in [-0.4, -0.2) is 150 Å². The molecular formula is C89H88ClF3N12O15S4. The Morgan fingerprint density at radius 3 is 1.51 bits per heavy atom. The summed E-state index contributed by atoms with van der Waals surface area (Å²) in [6.45, 7) is 12.3. The summed E-state index contributed by atoms with van der Waals surface area (Å²) >= 11 is 10.6. The normalized spacial score (nSPS) is 14.7. The summed E-state index contributed by atoms with van der Waals surface area (Å²) in [5.74, 6) is -1.96. The zero-order valence-electron chi connectivity index (χ0n) is 66.9. The third-order valence-electron chi connectivity index (χ3n) is 21.6. The highest BCUT2D eigenvalue weighted by Crippen LogP contribution is 2.36. The van der Waals surface area contributed by atoms with Crippen molar-refractivity contribution in [3.8, 4) is 32.0 Å². The van der Waals surface area contributed by atoms with E-state index in [1.807, 2.05) is 78.9 Å². The molecule has 4 aromatic heterocycles. The van der Waals surface area contributed by atoms with Crippen molar-refractivity contribution in [1.82, 2.24) is 61.4 Å². The quantitative estimate of drug-likeness (QED) is 0.0250. The van der Waals surface area contributed by atoms with Gasteiger partial charge in [0.15, 0.2) is 0 Å². The molecule has 8 aromatic carbocycles. The maximum absolute atomic E-state index is 13.0. The summed E-state index contributed by atoms with van der Waals surface area (Å²) in [7, 11) is -3.64. The predicted molar refractivity (Wildman–Crippen MR) is 459 cm³/mol. The lowest BCUT2D eigenvalue weighted by Crippen LogP contribution is -2.36. The number of aromatic nitrogens is 2. The minimum absolute atomic E-state index is 0.227. The number of carbonyl (C=O) groups is 5. The number of thiophene rings is 2. The molecule has 17 rings (SSSR count). The number of alkyl halides is 3. The van der Waals surface area contributed by atoms with Crippen molar-refractivity contribution in [1.29, 1.82) is 0 Å². The van der Waals surface area contributed by atoms with Gasteiger partial charge < -0.3 is 14.0 Å². The standard InChI is InChI=1S/C18H19ClN2O3.C18H17F3N2O3.C18H17N3O2S2.C18H20N2O2.C17H15N3O5S2/c19-16-3-5-17(6-4-16)24-10-9-21-8-7-13-11-14(18(22)20-23)1-2-15(13)12-21;19-18(20,21)26-16-3-1-2-12(8-16)10-23-7-6-13-9-14(17(24)22-25)4-5-15(13)11-23;22-17(20-23)13-3-4-14-9-21(6-5-12(14)8-13)10-15-11-25-18(19-15)16-2-1-7-24-16;1-13(14-5-3-2-4-6-14)20-10-9-15-11-16(18(21)19-22)7-8-17(15)12-20;21-17(18-22)12-1-2-13-9-20(5-3-11(13)7-12)27(23,24)14-8-16(26-10-14)15-4-6-25-19-15/h1-6,11,23H,7-10,12H2,(H,20,22);1-5,8-9,25H,6-7,10-11H2,(H,22,24);1-4,7-8,11,23H,5-6,9-10H2,(H,20,22);2-8,11,13,22H,9-10,12H2,1H3,(H,19,21);1-2,4,6-8,10,22H,3,5,9H2,(H,18,21). The highest BCUT2D eigenvalue weighted by molar-refractivity contribution is 7.89. The van der Waals surface area contributed by atoms with Crippen LogP contribution < -0.4 is 36.9 Å². The number of hydrogen-bond acceptors (Lipinski definition) is 24. The van der Waals surface area contributed by atoms with Crippen molar-refractivity contribution in [2.24, 2.45) is 0 Å². The molecule has 5 aliphatic heterocycles. The van der Waals surface area contributed by atoms with Gasteiger partial charge in [0, 0.05) is 141 Å². The Morgan fingerprint density at radius 2 is 1.00 bits per heavy atom. The van der Waals surface area contributed by atoms with E-state index < -0.39 is 45.9 Å². The molecule has 1 unspecified atom stereocenters. The molecule has 35 heteroatoms. The minimum atomic E-state index is -4.71. The smallest absolute Gasteiger partial charge is 0.492 e. The molecule has 5 aliphatic rings. The molecule has 0 saturated carbocycles. The van der Waals surface area contributed by atoms with Crippen LogP contribution in [0.3, 0.4) is 0 Å². The van der Waals surface area contributed by atoms with Crippen LogP contribution in [-0.2, 0) is 87.9 Å². The molecule has 5 amide bonds. The third kappa shape index (κ3) is 23.9. The van der Waals surface area contributed by atoms with E-state index >= 15 is 0 Å². The van der Waals surface area contributed by atoms with E-state index in [2.05, 4.69) is 77.5 Å². The SMILES string of the molecule is CC(c1ccccc1)N1CCc2cc(C(=O)NO)ccc2C1.O=C(NO)c1ccc2c(c1)CCN(CCOc1ccc(Cl)cc1)C2.O=C(NO)c1ccc2c(c1)CCN(Cc1cccc(OC(F)(F)F)c1)C2.O=C(NO)c1ccc2c(c1)CCN(Cc1csc(-c3cccs3)n1)C2.O=C(NO)c1ccc2c(c1)CCN(S(=O)(=O)c1csc(-c3ccon3)c1)C2. The topological polar surface area (TPSA) is 354 Å². The van der Waals surface area contributed by atoms with Crippen LogP contribution in [0.4, 0.5) is 13.2 Å². The van der Waals surface area contributed by atoms with Crippen LogP contribution >= 0.6 is 45.6 Å². The van der Waals surface area contributed by atoms with Crippen LogP contribution in [0, 0.1) is 0 Å². The zero-order chi connectivity index (χ0) is 87.4. The van der Waals surface area contributed by atoms with Crippen LogP contribution in [0.5, 0.6) is 11.5 Å². The molecule has 0 bridgehead atoms. The maximum atomic E-state index is 13.0. The second kappa shape index (κ2) is 42.3. The highest BCUT2D eigenvalue weighted by Gasteiger charge is 2.33. The molecule has 1 atom stereocenters. The monoisotopic (exact) mass is 1780 g/mol. The van der Waals surface area contributed by atoms with E-state index in [4.69, 9.17) is 51.9 Å². The summed E-state index contributed by atoms with van der Waals surface area (Å²) in [4.78, 5) is 73.7. The first kappa shape index (κ1) is 90.3. The number of halogens is 4. The number of hydrogen-bond donors (Lipinski definition) is 10. The van der Waals surface area contributed by atoms with Gasteiger partial charge >= 0.3 is 6.36 Å². The summed E-state index contributed by atoms with van der Waals surface area (Å²) < 4.78 is 78.9.